The van der Waals surface area contributed by atoms with E-state index in [9.17, 15) is 0 Å². The third-order valence-corrected chi connectivity index (χ3v) is 3.34. The Hall–Kier alpha value is -1.08. The first kappa shape index (κ1) is 10.4. The van der Waals surface area contributed by atoms with Crippen molar-refractivity contribution in [2.75, 3.05) is 0 Å². The van der Waals surface area contributed by atoms with Gasteiger partial charge >= 0.3 is 0 Å². The van der Waals surface area contributed by atoms with Crippen LogP contribution >= 0.6 is 11.6 Å². The fourth-order valence-electron chi connectivity index (χ4n) is 1.80. The van der Waals surface area contributed by atoms with E-state index in [1.165, 1.54) is 11.1 Å². The summed E-state index contributed by atoms with van der Waals surface area (Å²) in [5.41, 5.74) is 4.51. The summed E-state index contributed by atoms with van der Waals surface area (Å²) in [5, 5.41) is 0.824. The van der Waals surface area contributed by atoms with Gasteiger partial charge in [-0.3, -0.25) is 4.99 Å². The van der Waals surface area contributed by atoms with Crippen molar-refractivity contribution in [3.05, 3.63) is 40.4 Å². The van der Waals surface area contributed by atoms with Crippen LogP contribution in [0.15, 0.2) is 39.9 Å². The van der Waals surface area contributed by atoms with E-state index in [4.69, 9.17) is 11.6 Å². The second-order valence-corrected chi connectivity index (χ2v) is 4.30. The zero-order valence-corrected chi connectivity index (χ0v) is 9.80. The topological polar surface area (TPSA) is 12.4 Å². The Labute approximate surface area is 95.5 Å². The van der Waals surface area contributed by atoms with Crippen molar-refractivity contribution < 1.29 is 0 Å². The van der Waals surface area contributed by atoms with E-state index in [0.717, 1.165) is 29.3 Å². The number of nitrogens with zero attached hydrogens (tertiary/aromatic N) is 1. The molecule has 2 heteroatoms. The van der Waals surface area contributed by atoms with Gasteiger partial charge in [0.25, 0.3) is 0 Å². The molecule has 1 heterocycles. The highest BCUT2D eigenvalue weighted by molar-refractivity contribution is 6.43. The molecule has 1 aliphatic heterocycles. The van der Waals surface area contributed by atoms with Gasteiger partial charge in [0.05, 0.1) is 16.4 Å². The highest BCUT2D eigenvalue weighted by Gasteiger charge is 2.10. The Morgan fingerprint density at radius 2 is 1.87 bits per heavy atom. The van der Waals surface area contributed by atoms with E-state index < -0.39 is 0 Å². The average molecular weight is 220 g/mol. The predicted octanol–water partition coefficient (Wildman–Crippen LogP) is 4.24. The van der Waals surface area contributed by atoms with Crippen molar-refractivity contribution in [1.82, 2.24) is 0 Å². The number of hydrogen-bond acceptors (Lipinski definition) is 1. The summed E-state index contributed by atoms with van der Waals surface area (Å²) in [6, 6.07) is 8.26. The number of para-hydroxylation sites is 1. The molecule has 0 spiro atoms. The maximum absolute atomic E-state index is 6.21. The van der Waals surface area contributed by atoms with E-state index in [1.54, 1.807) is 0 Å². The summed E-state index contributed by atoms with van der Waals surface area (Å²) in [5.74, 6) is 0. The van der Waals surface area contributed by atoms with E-state index in [2.05, 4.69) is 24.0 Å². The van der Waals surface area contributed by atoms with Crippen LogP contribution in [0.4, 0.5) is 5.69 Å². The minimum Gasteiger partial charge on any atom is -0.252 e. The molecular formula is C13H14ClN. The number of allylic oxidation sites excluding steroid dienone is 2. The van der Waals surface area contributed by atoms with Gasteiger partial charge in [-0.25, -0.2) is 0 Å². The van der Waals surface area contributed by atoms with Gasteiger partial charge in [0.2, 0.25) is 0 Å². The second kappa shape index (κ2) is 4.19. The van der Waals surface area contributed by atoms with Crippen LogP contribution in [0.25, 0.3) is 0 Å². The Morgan fingerprint density at radius 3 is 2.67 bits per heavy atom. The van der Waals surface area contributed by atoms with Crippen molar-refractivity contribution in [2.45, 2.75) is 26.7 Å². The number of benzene rings is 1. The molecule has 1 nitrogen and oxygen atoms in total. The third kappa shape index (κ3) is 2.13. The third-order valence-electron chi connectivity index (χ3n) is 2.74. The van der Waals surface area contributed by atoms with Crippen LogP contribution in [0.1, 0.15) is 25.8 Å². The molecule has 0 aliphatic carbocycles. The van der Waals surface area contributed by atoms with E-state index in [-0.39, 0.29) is 0 Å². The number of halogens is 1. The molecule has 78 valence electrons. The van der Waals surface area contributed by atoms with Crippen molar-refractivity contribution in [1.29, 1.82) is 0 Å². The minimum absolute atomic E-state index is 0.824. The molecule has 0 atom stereocenters. The molecule has 15 heavy (non-hydrogen) atoms. The molecule has 0 unspecified atom stereocenters. The summed E-state index contributed by atoms with van der Waals surface area (Å²) >= 11 is 6.21. The Balaban J connectivity index is 2.53. The molecule has 0 saturated carbocycles. The van der Waals surface area contributed by atoms with Gasteiger partial charge in [0.15, 0.2) is 0 Å². The van der Waals surface area contributed by atoms with E-state index >= 15 is 0 Å². The maximum atomic E-state index is 6.21. The van der Waals surface area contributed by atoms with Crippen molar-refractivity contribution >= 4 is 23.0 Å². The lowest BCUT2D eigenvalue weighted by Crippen LogP contribution is -2.00. The van der Waals surface area contributed by atoms with Crippen molar-refractivity contribution in [2.24, 2.45) is 4.99 Å². The molecule has 0 radical (unpaired) electrons. The van der Waals surface area contributed by atoms with Crippen LogP contribution in [0.2, 0.25) is 0 Å². The normalized spacial score (nSPS) is 16.6. The van der Waals surface area contributed by atoms with E-state index in [0.29, 0.717) is 0 Å². The highest BCUT2D eigenvalue weighted by atomic mass is 35.5. The standard InChI is InChI=1S/C13H14ClN/c1-9-7-8-11-5-3-4-6-12(11)15-10(2)13(9)14/h3-6H,7-8H2,1-2H3. The van der Waals surface area contributed by atoms with Gasteiger partial charge in [-0.1, -0.05) is 35.4 Å². The first-order valence-electron chi connectivity index (χ1n) is 5.17. The molecule has 0 N–H and O–H groups in total. The molecule has 0 amide bonds. The maximum Gasteiger partial charge on any atom is 0.0665 e. The van der Waals surface area contributed by atoms with Crippen molar-refractivity contribution in [3.8, 4) is 0 Å². The predicted molar refractivity (Wildman–Crippen MR) is 66.1 cm³/mol. The lowest BCUT2D eigenvalue weighted by Gasteiger charge is -2.12. The largest absolute Gasteiger partial charge is 0.252 e. The molecule has 0 bridgehead atoms. The first-order chi connectivity index (χ1) is 7.18. The average Bonchev–Trinajstić information content (AvgIpc) is 2.25. The summed E-state index contributed by atoms with van der Waals surface area (Å²) in [6.45, 7) is 4.04. The number of aryl methyl sites for hydroxylation is 1. The Kier molecular flexibility index (Phi) is 2.92. The minimum atomic E-state index is 0.824. The smallest absolute Gasteiger partial charge is 0.0665 e. The van der Waals surface area contributed by atoms with Crippen LogP contribution in [0.5, 0.6) is 0 Å². The molecule has 1 aromatic rings. The van der Waals surface area contributed by atoms with Crippen LogP contribution in [0.3, 0.4) is 0 Å². The highest BCUT2D eigenvalue weighted by Crippen LogP contribution is 2.27. The molecule has 0 aromatic heterocycles. The monoisotopic (exact) mass is 219 g/mol. The Bertz CT molecular complexity index is 444. The summed E-state index contributed by atoms with van der Waals surface area (Å²) < 4.78 is 0. The van der Waals surface area contributed by atoms with Gasteiger partial charge in [0, 0.05) is 0 Å². The number of hydrogen-bond donors (Lipinski definition) is 0. The van der Waals surface area contributed by atoms with Gasteiger partial charge in [-0.05, 0) is 38.3 Å². The Morgan fingerprint density at radius 1 is 1.13 bits per heavy atom. The first-order valence-corrected chi connectivity index (χ1v) is 5.55. The number of fused-ring (bicyclic) bond motifs is 1. The molecule has 2 rings (SSSR count). The number of rotatable bonds is 0. The fourth-order valence-corrected chi connectivity index (χ4v) is 1.94. The van der Waals surface area contributed by atoms with Gasteiger partial charge in [-0.15, -0.1) is 0 Å². The van der Waals surface area contributed by atoms with Crippen LogP contribution in [0, 0.1) is 0 Å². The van der Waals surface area contributed by atoms with Gasteiger partial charge in [-0.2, -0.15) is 0 Å². The summed E-state index contributed by atoms with van der Waals surface area (Å²) in [6.07, 6.45) is 2.04. The lowest BCUT2D eigenvalue weighted by molar-refractivity contribution is 0.935. The molecular weight excluding hydrogens is 206 g/mol. The summed E-state index contributed by atoms with van der Waals surface area (Å²) in [7, 11) is 0. The van der Waals surface area contributed by atoms with Gasteiger partial charge < -0.3 is 0 Å². The second-order valence-electron chi connectivity index (χ2n) is 3.92. The van der Waals surface area contributed by atoms with Crippen molar-refractivity contribution in [3.63, 3.8) is 0 Å². The molecule has 0 fully saturated rings. The van der Waals surface area contributed by atoms with Crippen LogP contribution in [-0.4, -0.2) is 5.71 Å². The SMILES string of the molecule is CC1=Nc2ccccc2CCC(C)=C1Cl. The quantitative estimate of drug-likeness (QED) is 0.619. The van der Waals surface area contributed by atoms with E-state index in [1.807, 2.05) is 19.1 Å². The fraction of sp³-hybridized carbons (Fsp3) is 0.308. The van der Waals surface area contributed by atoms with Gasteiger partial charge in [0.1, 0.15) is 0 Å². The number of aliphatic imine (C=N–C) groups is 1. The lowest BCUT2D eigenvalue weighted by atomic mass is 10.0. The molecule has 0 saturated heterocycles. The zero-order valence-electron chi connectivity index (χ0n) is 9.05. The summed E-state index contributed by atoms with van der Waals surface area (Å²) in [4.78, 5) is 4.56. The zero-order chi connectivity index (χ0) is 10.8. The van der Waals surface area contributed by atoms with Crippen LogP contribution < -0.4 is 0 Å². The molecule has 1 aliphatic rings. The molecule has 1 aromatic carbocycles. The van der Waals surface area contributed by atoms with Crippen LogP contribution in [-0.2, 0) is 6.42 Å².